The molecule has 1 aromatic carbocycles. The highest BCUT2D eigenvalue weighted by Gasteiger charge is 2.11. The smallest absolute Gasteiger partial charge is 0.325 e. The van der Waals surface area contributed by atoms with Crippen LogP contribution in [-0.4, -0.2) is 35.3 Å². The third-order valence-electron chi connectivity index (χ3n) is 3.72. The Hall–Kier alpha value is -3.36. The highest BCUT2D eigenvalue weighted by atomic mass is 16.5. The van der Waals surface area contributed by atoms with E-state index in [4.69, 9.17) is 9.47 Å². The Morgan fingerprint density at radius 2 is 1.96 bits per heavy atom. The molecular weight excluding hydrogens is 364 g/mol. The number of aromatic nitrogens is 2. The van der Waals surface area contributed by atoms with E-state index in [9.17, 15) is 14.4 Å². The number of amides is 1. The number of nitrogens with one attached hydrogen (secondary N) is 3. The normalized spacial score (nSPS) is 10.8. The third kappa shape index (κ3) is 5.83. The first kappa shape index (κ1) is 20.9. The van der Waals surface area contributed by atoms with Crippen LogP contribution < -0.4 is 26.1 Å². The Morgan fingerprint density at radius 3 is 2.64 bits per heavy atom. The maximum atomic E-state index is 12.0. The number of nitrogens with zero attached hydrogens (tertiary/aromatic N) is 1. The van der Waals surface area contributed by atoms with Gasteiger partial charge in [0.1, 0.15) is 0 Å². The van der Waals surface area contributed by atoms with E-state index in [2.05, 4.69) is 20.5 Å². The van der Waals surface area contributed by atoms with Crippen molar-refractivity contribution in [2.24, 2.45) is 5.10 Å². The number of H-pyrrole nitrogens is 2. The van der Waals surface area contributed by atoms with Crippen LogP contribution in [0.3, 0.4) is 0 Å². The van der Waals surface area contributed by atoms with Crippen molar-refractivity contribution in [3.63, 3.8) is 0 Å². The molecular formula is C19H24N4O5. The van der Waals surface area contributed by atoms with Crippen molar-refractivity contribution in [3.05, 3.63) is 55.9 Å². The minimum atomic E-state index is -0.610. The molecule has 150 valence electrons. The van der Waals surface area contributed by atoms with Crippen molar-refractivity contribution in [1.29, 1.82) is 0 Å². The second kappa shape index (κ2) is 10.1. The molecule has 0 fully saturated rings. The zero-order valence-electron chi connectivity index (χ0n) is 16.1. The van der Waals surface area contributed by atoms with Gasteiger partial charge in [0.15, 0.2) is 11.5 Å². The number of hydrogen-bond donors (Lipinski definition) is 3. The van der Waals surface area contributed by atoms with Crippen LogP contribution in [0.4, 0.5) is 0 Å². The largest absolute Gasteiger partial charge is 0.490 e. The van der Waals surface area contributed by atoms with Gasteiger partial charge >= 0.3 is 5.69 Å². The molecule has 0 radical (unpaired) electrons. The second-order valence-corrected chi connectivity index (χ2v) is 5.97. The number of benzene rings is 1. The first-order valence-corrected chi connectivity index (χ1v) is 8.98. The van der Waals surface area contributed by atoms with Gasteiger partial charge < -0.3 is 14.5 Å². The number of carbonyl (C=O) groups excluding carboxylic acids is 1. The Labute approximate surface area is 161 Å². The number of aryl methyl sites for hydroxylation is 1. The van der Waals surface area contributed by atoms with Crippen molar-refractivity contribution < 1.29 is 14.3 Å². The van der Waals surface area contributed by atoms with E-state index < -0.39 is 17.2 Å². The summed E-state index contributed by atoms with van der Waals surface area (Å²) < 4.78 is 11.2. The molecule has 9 heteroatoms. The van der Waals surface area contributed by atoms with Gasteiger partial charge in [-0.1, -0.05) is 6.92 Å². The fourth-order valence-electron chi connectivity index (χ4n) is 2.42. The molecule has 0 aliphatic heterocycles. The van der Waals surface area contributed by atoms with Crippen LogP contribution in [-0.2, 0) is 11.2 Å². The lowest BCUT2D eigenvalue weighted by Crippen LogP contribution is -2.30. The summed E-state index contributed by atoms with van der Waals surface area (Å²) >= 11 is 0. The van der Waals surface area contributed by atoms with Gasteiger partial charge in [0.05, 0.1) is 25.8 Å². The van der Waals surface area contributed by atoms with Gasteiger partial charge in [0.25, 0.3) is 5.56 Å². The van der Waals surface area contributed by atoms with Crippen LogP contribution in [0.1, 0.15) is 37.1 Å². The molecule has 2 aromatic rings. The molecule has 1 aromatic heterocycles. The fraction of sp³-hybridized carbons (Fsp3) is 0.368. The van der Waals surface area contributed by atoms with E-state index in [0.717, 1.165) is 6.42 Å². The maximum Gasteiger partial charge on any atom is 0.325 e. The molecule has 0 spiro atoms. The molecule has 0 saturated heterocycles. The molecule has 3 N–H and O–H groups in total. The number of hydrogen-bond acceptors (Lipinski definition) is 6. The van der Waals surface area contributed by atoms with Crippen LogP contribution in [0.25, 0.3) is 0 Å². The Bertz CT molecular complexity index is 962. The zero-order chi connectivity index (χ0) is 20.5. The van der Waals surface area contributed by atoms with Gasteiger partial charge in [-0.05, 0) is 44.0 Å². The monoisotopic (exact) mass is 388 g/mol. The number of ether oxygens (including phenoxy) is 2. The van der Waals surface area contributed by atoms with E-state index in [1.54, 1.807) is 25.1 Å². The standard InChI is InChI=1S/C19H24N4O5/c1-4-8-28-15-7-6-13(9-16(15)27-5-2)11-20-23-17(24)10-14-12(3)21-19(26)22-18(14)25/h6-7,9,11H,4-5,8,10H2,1-3H3,(H,23,24)(H2,21,22,25,26)/b20-11-. The molecule has 0 unspecified atom stereocenters. The summed E-state index contributed by atoms with van der Waals surface area (Å²) in [6.45, 7) is 6.54. The topological polar surface area (TPSA) is 126 Å². The zero-order valence-corrected chi connectivity index (χ0v) is 16.1. The quantitative estimate of drug-likeness (QED) is 0.440. The highest BCUT2D eigenvalue weighted by molar-refractivity contribution is 5.84. The van der Waals surface area contributed by atoms with Crippen molar-refractivity contribution in [1.82, 2.24) is 15.4 Å². The lowest BCUT2D eigenvalue weighted by Gasteiger charge is -2.11. The van der Waals surface area contributed by atoms with Crippen molar-refractivity contribution in [3.8, 4) is 11.5 Å². The van der Waals surface area contributed by atoms with Crippen LogP contribution >= 0.6 is 0 Å². The summed E-state index contributed by atoms with van der Waals surface area (Å²) in [5.41, 5.74) is 2.40. The molecule has 0 atom stereocenters. The van der Waals surface area contributed by atoms with Crippen LogP contribution in [0.15, 0.2) is 32.9 Å². The summed E-state index contributed by atoms with van der Waals surface area (Å²) in [6.07, 6.45) is 2.15. The van der Waals surface area contributed by atoms with Crippen LogP contribution in [0.5, 0.6) is 11.5 Å². The molecule has 28 heavy (non-hydrogen) atoms. The molecule has 0 saturated carbocycles. The van der Waals surface area contributed by atoms with E-state index in [-0.39, 0.29) is 12.0 Å². The number of aromatic amines is 2. The van der Waals surface area contributed by atoms with Gasteiger partial charge in [-0.15, -0.1) is 0 Å². The molecule has 0 aliphatic carbocycles. The Kier molecular flexibility index (Phi) is 7.55. The predicted molar refractivity (Wildman–Crippen MR) is 105 cm³/mol. The third-order valence-corrected chi connectivity index (χ3v) is 3.72. The summed E-state index contributed by atoms with van der Waals surface area (Å²) in [6, 6.07) is 5.34. The molecule has 2 rings (SSSR count). The maximum absolute atomic E-state index is 12.0. The van der Waals surface area contributed by atoms with Crippen molar-refractivity contribution in [2.45, 2.75) is 33.6 Å². The highest BCUT2D eigenvalue weighted by Crippen LogP contribution is 2.28. The fourth-order valence-corrected chi connectivity index (χ4v) is 2.42. The predicted octanol–water partition coefficient (Wildman–Crippen LogP) is 1.25. The average molecular weight is 388 g/mol. The SMILES string of the molecule is CCCOc1ccc(/C=N\NC(=O)Cc2c(C)[nH]c(=O)[nH]c2=O)cc1OCC. The van der Waals surface area contributed by atoms with Crippen molar-refractivity contribution in [2.75, 3.05) is 13.2 Å². The molecule has 9 nitrogen and oxygen atoms in total. The minimum absolute atomic E-state index is 0.184. The van der Waals surface area contributed by atoms with E-state index >= 15 is 0 Å². The summed E-state index contributed by atoms with van der Waals surface area (Å²) in [5, 5.41) is 3.90. The van der Waals surface area contributed by atoms with Gasteiger partial charge in [-0.3, -0.25) is 14.6 Å². The Morgan fingerprint density at radius 1 is 1.18 bits per heavy atom. The van der Waals surface area contributed by atoms with Crippen LogP contribution in [0.2, 0.25) is 0 Å². The van der Waals surface area contributed by atoms with E-state index in [1.165, 1.54) is 6.21 Å². The van der Waals surface area contributed by atoms with Gasteiger partial charge in [-0.2, -0.15) is 5.10 Å². The number of hydrazone groups is 1. The molecule has 0 aliphatic rings. The number of rotatable bonds is 9. The Balaban J connectivity index is 2.03. The average Bonchev–Trinajstić information content (AvgIpc) is 2.64. The summed E-state index contributed by atoms with van der Waals surface area (Å²) in [7, 11) is 0. The summed E-state index contributed by atoms with van der Waals surface area (Å²) in [5.74, 6) is 0.768. The van der Waals surface area contributed by atoms with E-state index in [0.29, 0.717) is 36.0 Å². The van der Waals surface area contributed by atoms with Gasteiger partial charge in [0.2, 0.25) is 5.91 Å². The molecule has 1 heterocycles. The van der Waals surface area contributed by atoms with Gasteiger partial charge in [-0.25, -0.2) is 10.2 Å². The van der Waals surface area contributed by atoms with Gasteiger partial charge in [0, 0.05) is 11.3 Å². The first-order valence-electron chi connectivity index (χ1n) is 8.98. The molecule has 1 amide bonds. The van der Waals surface area contributed by atoms with Crippen LogP contribution in [0, 0.1) is 6.92 Å². The summed E-state index contributed by atoms with van der Waals surface area (Å²) in [4.78, 5) is 39.5. The molecule has 0 bridgehead atoms. The second-order valence-electron chi connectivity index (χ2n) is 5.97. The lowest BCUT2D eigenvalue weighted by molar-refractivity contribution is -0.120. The van der Waals surface area contributed by atoms with Crippen molar-refractivity contribution >= 4 is 12.1 Å². The number of carbonyl (C=O) groups is 1. The first-order chi connectivity index (χ1) is 13.4. The minimum Gasteiger partial charge on any atom is -0.490 e. The lowest BCUT2D eigenvalue weighted by atomic mass is 10.1. The van der Waals surface area contributed by atoms with E-state index in [1.807, 2.05) is 13.8 Å².